The summed E-state index contributed by atoms with van der Waals surface area (Å²) in [5.74, 6) is 0.405. The lowest BCUT2D eigenvalue weighted by Crippen LogP contribution is -2.04. The number of ether oxygens (including phenoxy) is 1. The first kappa shape index (κ1) is 22.1. The van der Waals surface area contributed by atoms with Gasteiger partial charge in [-0.2, -0.15) is 0 Å². The molecule has 0 atom stereocenters. The van der Waals surface area contributed by atoms with Gasteiger partial charge in [0.15, 0.2) is 0 Å². The SMILES string of the molecule is CCc1ccc(Cc2cc(COC(C)C)cc(Cc3ccc(CC)cc3)c2O)cc1. The number of benzene rings is 3. The Bertz CT molecular complexity index is 867. The van der Waals surface area contributed by atoms with Crippen LogP contribution in [0.4, 0.5) is 0 Å². The molecule has 0 fully saturated rings. The maximum atomic E-state index is 11.1. The van der Waals surface area contributed by atoms with Crippen LogP contribution in [0, 0.1) is 0 Å². The molecule has 158 valence electrons. The van der Waals surface area contributed by atoms with Crippen molar-refractivity contribution in [1.29, 1.82) is 0 Å². The summed E-state index contributed by atoms with van der Waals surface area (Å²) in [5, 5.41) is 11.1. The highest BCUT2D eigenvalue weighted by atomic mass is 16.5. The maximum absolute atomic E-state index is 11.1. The molecular formula is C28H34O2. The van der Waals surface area contributed by atoms with Gasteiger partial charge < -0.3 is 9.84 Å². The average molecular weight is 403 g/mol. The summed E-state index contributed by atoms with van der Waals surface area (Å²) in [6.45, 7) is 8.98. The minimum absolute atomic E-state index is 0.175. The largest absolute Gasteiger partial charge is 0.507 e. The van der Waals surface area contributed by atoms with Crippen molar-refractivity contribution in [3.63, 3.8) is 0 Å². The molecule has 0 heterocycles. The van der Waals surface area contributed by atoms with Crippen molar-refractivity contribution < 1.29 is 9.84 Å². The first-order chi connectivity index (χ1) is 14.5. The fraction of sp³-hybridized carbons (Fsp3) is 0.357. The molecule has 3 aromatic carbocycles. The van der Waals surface area contributed by atoms with Crippen molar-refractivity contribution in [1.82, 2.24) is 0 Å². The van der Waals surface area contributed by atoms with E-state index >= 15 is 0 Å². The monoisotopic (exact) mass is 402 g/mol. The van der Waals surface area contributed by atoms with Gasteiger partial charge in [-0.15, -0.1) is 0 Å². The Morgan fingerprint density at radius 1 is 0.667 bits per heavy atom. The number of rotatable bonds is 9. The standard InChI is InChI=1S/C28H34O2/c1-5-21-7-11-23(12-8-21)15-26-17-25(19-30-20(3)4)18-27(28(26)29)16-24-13-9-22(6-2)10-14-24/h7-14,17-18,20,29H,5-6,15-16,19H2,1-4H3. The molecule has 0 unspecified atom stereocenters. The van der Waals surface area contributed by atoms with E-state index in [1.54, 1.807) is 0 Å². The predicted octanol–water partition coefficient (Wildman–Crippen LogP) is 6.62. The van der Waals surface area contributed by atoms with Gasteiger partial charge in [0.25, 0.3) is 0 Å². The third-order valence-electron chi connectivity index (χ3n) is 5.56. The molecular weight excluding hydrogens is 368 g/mol. The van der Waals surface area contributed by atoms with Crippen molar-refractivity contribution >= 4 is 0 Å². The summed E-state index contributed by atoms with van der Waals surface area (Å²) in [6.07, 6.45) is 3.68. The Kier molecular flexibility index (Phi) is 7.70. The van der Waals surface area contributed by atoms with E-state index < -0.39 is 0 Å². The lowest BCUT2D eigenvalue weighted by Gasteiger charge is -2.15. The minimum Gasteiger partial charge on any atom is -0.507 e. The van der Waals surface area contributed by atoms with Crippen LogP contribution in [0.1, 0.15) is 66.6 Å². The van der Waals surface area contributed by atoms with Crippen LogP contribution in [0.5, 0.6) is 5.75 Å². The summed E-state index contributed by atoms with van der Waals surface area (Å²) in [7, 11) is 0. The molecule has 0 saturated carbocycles. The molecule has 1 N–H and O–H groups in total. The molecule has 0 aliphatic carbocycles. The van der Waals surface area contributed by atoms with Crippen LogP contribution < -0.4 is 0 Å². The molecule has 3 rings (SSSR count). The number of aromatic hydroxyl groups is 1. The van der Waals surface area contributed by atoms with Gasteiger partial charge in [-0.05, 0) is 77.8 Å². The van der Waals surface area contributed by atoms with E-state index in [1.807, 2.05) is 13.8 Å². The van der Waals surface area contributed by atoms with Crippen LogP contribution in [0.15, 0.2) is 60.7 Å². The average Bonchev–Trinajstić information content (AvgIpc) is 2.76. The van der Waals surface area contributed by atoms with E-state index in [1.165, 1.54) is 22.3 Å². The number of hydrogen-bond donors (Lipinski definition) is 1. The molecule has 0 aromatic heterocycles. The van der Waals surface area contributed by atoms with E-state index in [4.69, 9.17) is 4.74 Å². The van der Waals surface area contributed by atoms with E-state index in [9.17, 15) is 5.11 Å². The van der Waals surface area contributed by atoms with E-state index in [0.717, 1.165) is 29.5 Å². The van der Waals surface area contributed by atoms with Gasteiger partial charge in [0, 0.05) is 12.8 Å². The Morgan fingerprint density at radius 3 is 1.43 bits per heavy atom. The van der Waals surface area contributed by atoms with Crippen LogP contribution in [0.2, 0.25) is 0 Å². The molecule has 0 radical (unpaired) electrons. The molecule has 0 spiro atoms. The third kappa shape index (κ3) is 5.96. The first-order valence-electron chi connectivity index (χ1n) is 11.1. The highest BCUT2D eigenvalue weighted by molar-refractivity contribution is 5.48. The van der Waals surface area contributed by atoms with Crippen LogP contribution in [0.25, 0.3) is 0 Å². The topological polar surface area (TPSA) is 29.5 Å². The van der Waals surface area contributed by atoms with Crippen molar-refractivity contribution in [2.24, 2.45) is 0 Å². The fourth-order valence-corrected chi connectivity index (χ4v) is 3.67. The second-order valence-electron chi connectivity index (χ2n) is 8.32. The molecule has 2 nitrogen and oxygen atoms in total. The fourth-order valence-electron chi connectivity index (χ4n) is 3.67. The van der Waals surface area contributed by atoms with Gasteiger partial charge in [-0.1, -0.05) is 62.4 Å². The molecule has 0 aliphatic heterocycles. The van der Waals surface area contributed by atoms with E-state index in [2.05, 4.69) is 74.5 Å². The lowest BCUT2D eigenvalue weighted by atomic mass is 9.94. The third-order valence-corrected chi connectivity index (χ3v) is 5.56. The highest BCUT2D eigenvalue weighted by Crippen LogP contribution is 2.30. The van der Waals surface area contributed by atoms with Crippen molar-refractivity contribution in [3.8, 4) is 5.75 Å². The van der Waals surface area contributed by atoms with Gasteiger partial charge in [-0.3, -0.25) is 0 Å². The summed E-state index contributed by atoms with van der Waals surface area (Å²) in [6, 6.07) is 21.5. The summed E-state index contributed by atoms with van der Waals surface area (Å²) < 4.78 is 5.86. The maximum Gasteiger partial charge on any atom is 0.122 e. The summed E-state index contributed by atoms with van der Waals surface area (Å²) in [4.78, 5) is 0. The zero-order valence-electron chi connectivity index (χ0n) is 18.7. The molecule has 0 amide bonds. The molecule has 0 aliphatic rings. The number of phenolic OH excluding ortho intramolecular Hbond substituents is 1. The second-order valence-corrected chi connectivity index (χ2v) is 8.32. The summed E-state index contributed by atoms with van der Waals surface area (Å²) in [5.41, 5.74) is 8.12. The number of aryl methyl sites for hydroxylation is 2. The van der Waals surface area contributed by atoms with Crippen LogP contribution in [0.3, 0.4) is 0 Å². The van der Waals surface area contributed by atoms with Crippen molar-refractivity contribution in [2.45, 2.75) is 66.1 Å². The molecule has 30 heavy (non-hydrogen) atoms. The molecule has 2 heteroatoms. The Morgan fingerprint density at radius 2 is 1.07 bits per heavy atom. The Hall–Kier alpha value is -2.58. The molecule has 0 bridgehead atoms. The van der Waals surface area contributed by atoms with Crippen LogP contribution >= 0.6 is 0 Å². The van der Waals surface area contributed by atoms with Crippen LogP contribution in [-0.2, 0) is 37.0 Å². The Labute approximate surface area is 181 Å². The van der Waals surface area contributed by atoms with E-state index in [0.29, 0.717) is 25.2 Å². The molecule has 0 saturated heterocycles. The number of phenols is 1. The predicted molar refractivity (Wildman–Crippen MR) is 125 cm³/mol. The van der Waals surface area contributed by atoms with Gasteiger partial charge >= 0.3 is 0 Å². The summed E-state index contributed by atoms with van der Waals surface area (Å²) >= 11 is 0. The highest BCUT2D eigenvalue weighted by Gasteiger charge is 2.13. The second kappa shape index (κ2) is 10.4. The molecule has 3 aromatic rings. The van der Waals surface area contributed by atoms with Gasteiger partial charge in [0.05, 0.1) is 12.7 Å². The minimum atomic E-state index is 0.175. The first-order valence-corrected chi connectivity index (χ1v) is 11.1. The Balaban J connectivity index is 1.90. The lowest BCUT2D eigenvalue weighted by molar-refractivity contribution is 0.0656. The van der Waals surface area contributed by atoms with Gasteiger partial charge in [0.2, 0.25) is 0 Å². The zero-order valence-corrected chi connectivity index (χ0v) is 18.7. The van der Waals surface area contributed by atoms with Crippen LogP contribution in [-0.4, -0.2) is 11.2 Å². The normalized spacial score (nSPS) is 11.2. The number of hydrogen-bond acceptors (Lipinski definition) is 2. The van der Waals surface area contributed by atoms with Crippen molar-refractivity contribution in [2.75, 3.05) is 0 Å². The smallest absolute Gasteiger partial charge is 0.122 e. The van der Waals surface area contributed by atoms with Crippen molar-refractivity contribution in [3.05, 3.63) is 99.6 Å². The quantitative estimate of drug-likeness (QED) is 0.435. The van der Waals surface area contributed by atoms with E-state index in [-0.39, 0.29) is 6.10 Å². The zero-order chi connectivity index (χ0) is 21.5. The van der Waals surface area contributed by atoms with Gasteiger partial charge in [0.1, 0.15) is 5.75 Å². The van der Waals surface area contributed by atoms with Gasteiger partial charge in [-0.25, -0.2) is 0 Å².